The number of hydrogen-bond acceptors (Lipinski definition) is 20. The van der Waals surface area contributed by atoms with Gasteiger partial charge in [-0.3, -0.25) is 9.59 Å². The number of aliphatic hydroxyl groups is 11. The van der Waals surface area contributed by atoms with Gasteiger partial charge in [-0.25, -0.2) is 4.79 Å². The largest absolute Gasteiger partial charge is 0.477 e. The topological polar surface area (TPSA) is 373 Å². The number of aliphatic hydroxyl groups excluding tert-OH is 11. The monoisotopic (exact) mass is 1320 g/mol. The summed E-state index contributed by atoms with van der Waals surface area (Å²) in [5.41, 5.74) is 0. The zero-order valence-electron chi connectivity index (χ0n) is 56.4. The molecule has 0 aromatic carbocycles. The zero-order valence-corrected chi connectivity index (χ0v) is 56.4. The first-order valence-corrected chi connectivity index (χ1v) is 36.1. The predicted octanol–water partition coefficient (Wildman–Crippen LogP) is 7.07. The van der Waals surface area contributed by atoms with Gasteiger partial charge in [-0.05, 0) is 19.3 Å². The van der Waals surface area contributed by atoms with Gasteiger partial charge in [-0.15, -0.1) is 0 Å². The summed E-state index contributed by atoms with van der Waals surface area (Å²) in [5.74, 6) is -6.13. The van der Waals surface area contributed by atoms with Gasteiger partial charge in [-0.2, -0.15) is 0 Å². The molecule has 2 amide bonds. The molecule has 18 atom stereocenters. The number of allylic oxidation sites excluding steroid dienone is 1. The average Bonchev–Trinajstić information content (AvgIpc) is 0.767. The number of carbonyl (C=O) groups is 3. The second-order valence-corrected chi connectivity index (χ2v) is 26.5. The van der Waals surface area contributed by atoms with Crippen LogP contribution in [0.4, 0.5) is 0 Å². The van der Waals surface area contributed by atoms with E-state index in [0.29, 0.717) is 12.8 Å². The molecular weight excluding hydrogens is 1190 g/mol. The second-order valence-electron chi connectivity index (χ2n) is 26.5. The van der Waals surface area contributed by atoms with Crippen LogP contribution in [-0.4, -0.2) is 215 Å². The lowest BCUT2D eigenvalue weighted by Crippen LogP contribution is -2.70. The minimum absolute atomic E-state index is 0.205. The molecule has 3 rings (SSSR count). The van der Waals surface area contributed by atoms with Crippen molar-refractivity contribution in [2.24, 2.45) is 0 Å². The summed E-state index contributed by atoms with van der Waals surface area (Å²) in [7, 11) is 0. The van der Waals surface area contributed by atoms with Gasteiger partial charge < -0.3 is 100 Å². The normalized spacial score (nSPS) is 28.3. The summed E-state index contributed by atoms with van der Waals surface area (Å²) in [6.07, 6.45) is 19.7. The molecule has 0 bridgehead atoms. The lowest BCUT2D eigenvalue weighted by molar-refractivity contribution is -0.386. The van der Waals surface area contributed by atoms with E-state index in [1.54, 1.807) is 6.08 Å². The van der Waals surface area contributed by atoms with Crippen molar-refractivity contribution in [3.8, 4) is 0 Å². The molecule has 18 unspecified atom stereocenters. The minimum Gasteiger partial charge on any atom is -0.477 e. The number of amides is 2. The maximum atomic E-state index is 13.5. The summed E-state index contributed by atoms with van der Waals surface area (Å²) in [5, 5.41) is 136. The molecule has 3 fully saturated rings. The van der Waals surface area contributed by atoms with Gasteiger partial charge in [0.25, 0.3) is 5.79 Å². The number of nitrogens with one attached hydrogen (secondary N) is 2. The first kappa shape index (κ1) is 83.7. The molecule has 23 nitrogen and oxygen atoms in total. The van der Waals surface area contributed by atoms with E-state index in [0.717, 1.165) is 51.9 Å². The van der Waals surface area contributed by atoms with Crippen LogP contribution in [0.3, 0.4) is 0 Å². The van der Waals surface area contributed by atoms with E-state index in [2.05, 4.69) is 24.5 Å². The van der Waals surface area contributed by atoms with Crippen molar-refractivity contribution in [1.29, 1.82) is 0 Å². The Morgan fingerprint density at radius 2 is 1.01 bits per heavy atom. The first-order valence-electron chi connectivity index (χ1n) is 36.1. The summed E-state index contributed by atoms with van der Waals surface area (Å²) in [6, 6.07) is -2.61. The van der Waals surface area contributed by atoms with E-state index in [-0.39, 0.29) is 12.3 Å². The standard InChI is InChI=1S/C69H128N2O21/c1-4-6-8-10-12-14-16-18-20-21-22-23-24-25-26-27-29-31-33-35-37-39-41-43-56(79)71-50(51(76)42-40-38-36-34-32-30-28-19-17-15-13-11-9-7-5-2)48-87-66-61(83)60(82)63(55(47-74)89-66)90-67-62(84)65(59(81)54(46-73)88-67)92-69(68(85)86)44-52(77)57(70-49(3)75)64(91-69)58(80)53(78)45-72/h40,42,50-55,57-67,72-74,76-78,80-84H,4-39,41,43-48H2,1-3H3,(H,70,75)(H,71,79)(H,85,86)/b42-40+. The van der Waals surface area contributed by atoms with Crippen molar-refractivity contribution < 1.29 is 104 Å². The molecule has 540 valence electrons. The van der Waals surface area contributed by atoms with Crippen LogP contribution < -0.4 is 10.6 Å². The lowest BCUT2D eigenvalue weighted by atomic mass is 9.88. The van der Waals surface area contributed by atoms with Crippen molar-refractivity contribution in [2.75, 3.05) is 26.4 Å². The van der Waals surface area contributed by atoms with Crippen LogP contribution in [0.25, 0.3) is 0 Å². The van der Waals surface area contributed by atoms with Gasteiger partial charge in [0.2, 0.25) is 11.8 Å². The molecule has 0 aliphatic carbocycles. The summed E-state index contributed by atoms with van der Waals surface area (Å²) >= 11 is 0. The van der Waals surface area contributed by atoms with Crippen molar-refractivity contribution in [1.82, 2.24) is 10.6 Å². The maximum Gasteiger partial charge on any atom is 0.364 e. The van der Waals surface area contributed by atoms with Gasteiger partial charge in [0.15, 0.2) is 12.6 Å². The Morgan fingerprint density at radius 1 is 0.565 bits per heavy atom. The van der Waals surface area contributed by atoms with E-state index in [1.165, 1.54) is 180 Å². The molecule has 3 saturated heterocycles. The highest BCUT2D eigenvalue weighted by Crippen LogP contribution is 2.39. The fourth-order valence-corrected chi connectivity index (χ4v) is 12.7. The number of carbonyl (C=O) groups excluding carboxylic acids is 2. The molecule has 0 aromatic heterocycles. The smallest absolute Gasteiger partial charge is 0.364 e. The number of unbranched alkanes of at least 4 members (excludes halogenated alkanes) is 35. The van der Waals surface area contributed by atoms with Gasteiger partial charge in [0.1, 0.15) is 67.1 Å². The first-order chi connectivity index (χ1) is 44.4. The fraction of sp³-hybridized carbons (Fsp3) is 0.928. The molecule has 0 radical (unpaired) electrons. The fourth-order valence-electron chi connectivity index (χ4n) is 12.7. The molecule has 3 aliphatic rings. The van der Waals surface area contributed by atoms with Crippen LogP contribution in [0.15, 0.2) is 12.2 Å². The third kappa shape index (κ3) is 31.8. The zero-order chi connectivity index (χ0) is 67.5. The Hall–Kier alpha value is -2.53. The number of hydrogen-bond donors (Lipinski definition) is 14. The van der Waals surface area contributed by atoms with Crippen LogP contribution in [0.2, 0.25) is 0 Å². The molecule has 23 heteroatoms. The summed E-state index contributed by atoms with van der Waals surface area (Å²) in [6.45, 7) is 2.16. The third-order valence-corrected chi connectivity index (χ3v) is 18.5. The highest BCUT2D eigenvalue weighted by atomic mass is 16.8. The van der Waals surface area contributed by atoms with Crippen LogP contribution >= 0.6 is 0 Å². The van der Waals surface area contributed by atoms with E-state index >= 15 is 0 Å². The van der Waals surface area contributed by atoms with Gasteiger partial charge in [-0.1, -0.05) is 244 Å². The summed E-state index contributed by atoms with van der Waals surface area (Å²) < 4.78 is 34.8. The van der Waals surface area contributed by atoms with Crippen molar-refractivity contribution >= 4 is 17.8 Å². The molecule has 0 aromatic rings. The highest BCUT2D eigenvalue weighted by Gasteiger charge is 2.60. The molecule has 3 aliphatic heterocycles. The Kier molecular flexibility index (Phi) is 45.4. The number of ether oxygens (including phenoxy) is 6. The molecule has 92 heavy (non-hydrogen) atoms. The molecule has 3 heterocycles. The van der Waals surface area contributed by atoms with Crippen molar-refractivity contribution in [2.45, 2.75) is 381 Å². The number of carboxylic acids is 1. The number of carboxylic acid groups (broad SMARTS) is 1. The van der Waals surface area contributed by atoms with Gasteiger partial charge >= 0.3 is 5.97 Å². The van der Waals surface area contributed by atoms with E-state index < -0.39 is 155 Å². The minimum atomic E-state index is -3.08. The Labute approximate surface area is 550 Å². The van der Waals surface area contributed by atoms with Crippen molar-refractivity contribution in [3.05, 3.63) is 12.2 Å². The Balaban J connectivity index is 1.57. The average molecular weight is 1320 g/mol. The molecule has 0 spiro atoms. The van der Waals surface area contributed by atoms with Crippen LogP contribution in [0.5, 0.6) is 0 Å². The summed E-state index contributed by atoms with van der Waals surface area (Å²) in [4.78, 5) is 38.6. The number of aliphatic carboxylic acids is 1. The second kappa shape index (κ2) is 49.9. The third-order valence-electron chi connectivity index (χ3n) is 18.5. The Bertz CT molecular complexity index is 1910. The SMILES string of the molecule is CCCCCCCCCCCCCCC/C=C/C(O)C(COC1OC(CO)C(OC2OC(CO)C(O)C(OC3(C(=O)O)CC(O)C(NC(C)=O)C(C(O)C(O)CO)O3)C2O)C(O)C1O)NC(=O)CCCCCCCCCCCCCCCCCCCCCCCCC. The van der Waals surface area contributed by atoms with Gasteiger partial charge in [0, 0.05) is 19.8 Å². The van der Waals surface area contributed by atoms with Crippen LogP contribution in [0, 0.1) is 0 Å². The predicted molar refractivity (Wildman–Crippen MR) is 348 cm³/mol. The maximum absolute atomic E-state index is 13.5. The highest BCUT2D eigenvalue weighted by molar-refractivity contribution is 5.77. The van der Waals surface area contributed by atoms with E-state index in [9.17, 15) is 75.7 Å². The molecule has 14 N–H and O–H groups in total. The van der Waals surface area contributed by atoms with E-state index in [1.807, 2.05) is 6.08 Å². The van der Waals surface area contributed by atoms with Crippen LogP contribution in [-0.2, 0) is 42.8 Å². The van der Waals surface area contributed by atoms with Crippen molar-refractivity contribution in [3.63, 3.8) is 0 Å². The Morgan fingerprint density at radius 3 is 1.45 bits per heavy atom. The lowest BCUT2D eigenvalue weighted by Gasteiger charge is -2.50. The number of rotatable bonds is 55. The molecule has 0 saturated carbocycles. The van der Waals surface area contributed by atoms with E-state index in [4.69, 9.17) is 28.4 Å². The van der Waals surface area contributed by atoms with Gasteiger partial charge in [0.05, 0.1) is 50.7 Å². The molecular formula is C69H128N2O21. The quantitative estimate of drug-likeness (QED) is 0.0214. The van der Waals surface area contributed by atoms with Crippen LogP contribution in [0.1, 0.15) is 271 Å².